The van der Waals surface area contributed by atoms with Gasteiger partial charge in [0.25, 0.3) is 0 Å². The zero-order valence-electron chi connectivity index (χ0n) is 22.9. The standard InChI is InChI=1S/C40H22O2S/c1-3-11-26-24(9-1)35(31-15-8-18-34-37(31)30-13-5-6-17-33(30)43-34)25-10-2-4-12-27(25)36(26)32-16-7-14-28-29-20-19-23-21-22-41-38(23)40(29)42-39(28)32/h1-22H. The van der Waals surface area contributed by atoms with Crippen molar-refractivity contribution in [2.45, 2.75) is 0 Å². The molecule has 3 heterocycles. The Hall–Kier alpha value is -5.38. The Balaban J connectivity index is 1.37. The highest BCUT2D eigenvalue weighted by molar-refractivity contribution is 7.25. The van der Waals surface area contributed by atoms with E-state index in [2.05, 4.69) is 121 Å². The van der Waals surface area contributed by atoms with Crippen molar-refractivity contribution in [1.29, 1.82) is 0 Å². The number of hydrogen-bond donors (Lipinski definition) is 0. The van der Waals surface area contributed by atoms with Gasteiger partial charge in [0.05, 0.1) is 6.26 Å². The van der Waals surface area contributed by atoms with E-state index < -0.39 is 0 Å². The highest BCUT2D eigenvalue weighted by Crippen LogP contribution is 2.49. The summed E-state index contributed by atoms with van der Waals surface area (Å²) in [6, 6.07) is 46.0. The Labute approximate surface area is 250 Å². The van der Waals surface area contributed by atoms with Crippen LogP contribution in [0.3, 0.4) is 0 Å². The summed E-state index contributed by atoms with van der Waals surface area (Å²) >= 11 is 1.87. The number of para-hydroxylation sites is 1. The van der Waals surface area contributed by atoms with E-state index >= 15 is 0 Å². The van der Waals surface area contributed by atoms with Crippen LogP contribution in [0.5, 0.6) is 0 Å². The zero-order valence-corrected chi connectivity index (χ0v) is 23.7. The molecule has 43 heavy (non-hydrogen) atoms. The van der Waals surface area contributed by atoms with Gasteiger partial charge in [-0.1, -0.05) is 103 Å². The maximum atomic E-state index is 6.73. The van der Waals surface area contributed by atoms with Gasteiger partial charge in [-0.05, 0) is 56.9 Å². The van der Waals surface area contributed by atoms with Crippen LogP contribution in [0.4, 0.5) is 0 Å². The van der Waals surface area contributed by atoms with Crippen LogP contribution in [-0.2, 0) is 0 Å². The van der Waals surface area contributed by atoms with Crippen molar-refractivity contribution in [2.75, 3.05) is 0 Å². The van der Waals surface area contributed by atoms with E-state index in [9.17, 15) is 0 Å². The first kappa shape index (κ1) is 23.2. The molecule has 0 aliphatic rings. The van der Waals surface area contributed by atoms with E-state index in [-0.39, 0.29) is 0 Å². The third-order valence-corrected chi connectivity index (χ3v) is 10.1. The Morgan fingerprint density at radius 2 is 0.977 bits per heavy atom. The first-order valence-corrected chi connectivity index (χ1v) is 15.3. The molecule has 3 aromatic heterocycles. The maximum Gasteiger partial charge on any atom is 0.178 e. The Morgan fingerprint density at radius 3 is 1.74 bits per heavy atom. The number of hydrogen-bond acceptors (Lipinski definition) is 3. The van der Waals surface area contributed by atoms with Gasteiger partial charge in [-0.2, -0.15) is 0 Å². The third kappa shape index (κ3) is 3.12. The molecule has 0 unspecified atom stereocenters. The molecule has 10 aromatic rings. The number of furan rings is 2. The molecule has 0 bridgehead atoms. The molecule has 0 aliphatic heterocycles. The van der Waals surface area contributed by atoms with Gasteiger partial charge in [0, 0.05) is 47.5 Å². The van der Waals surface area contributed by atoms with E-state index in [1.54, 1.807) is 6.26 Å². The Kier molecular flexibility index (Phi) is 4.63. The number of fused-ring (bicyclic) bond motifs is 10. The summed E-state index contributed by atoms with van der Waals surface area (Å²) in [5.41, 5.74) is 7.31. The fourth-order valence-electron chi connectivity index (χ4n) is 7.17. The van der Waals surface area contributed by atoms with E-state index in [0.29, 0.717) is 0 Å². The SMILES string of the molecule is c1ccc2c(c1)sc1cccc(-c3c4ccccc4c(-c4cccc5c4oc4c5ccc5ccoc54)c4ccccc34)c12. The number of benzene rings is 7. The molecule has 0 atom stereocenters. The first-order valence-electron chi connectivity index (χ1n) is 14.5. The molecular formula is C40H22O2S. The third-order valence-electron chi connectivity index (χ3n) is 8.96. The van der Waals surface area contributed by atoms with Crippen molar-refractivity contribution in [2.24, 2.45) is 0 Å². The van der Waals surface area contributed by atoms with Crippen molar-refractivity contribution in [3.63, 3.8) is 0 Å². The fraction of sp³-hybridized carbons (Fsp3) is 0. The average Bonchev–Trinajstić information content (AvgIpc) is 3.78. The molecule has 0 spiro atoms. The molecule has 0 aliphatic carbocycles. The van der Waals surface area contributed by atoms with Crippen molar-refractivity contribution in [3.8, 4) is 22.3 Å². The van der Waals surface area contributed by atoms with Crippen LogP contribution in [0.1, 0.15) is 0 Å². The van der Waals surface area contributed by atoms with Gasteiger partial charge >= 0.3 is 0 Å². The van der Waals surface area contributed by atoms with Crippen LogP contribution < -0.4 is 0 Å². The second kappa shape index (κ2) is 8.57. The normalized spacial score (nSPS) is 12.2. The lowest BCUT2D eigenvalue weighted by Gasteiger charge is -2.18. The quantitative estimate of drug-likeness (QED) is 0.195. The summed E-state index contributed by atoms with van der Waals surface area (Å²) in [6.45, 7) is 0. The molecule has 0 N–H and O–H groups in total. The monoisotopic (exact) mass is 566 g/mol. The lowest BCUT2D eigenvalue weighted by Crippen LogP contribution is -1.91. The first-order chi connectivity index (χ1) is 21.3. The summed E-state index contributed by atoms with van der Waals surface area (Å²) in [4.78, 5) is 0. The highest BCUT2D eigenvalue weighted by Gasteiger charge is 2.22. The van der Waals surface area contributed by atoms with Crippen molar-refractivity contribution in [1.82, 2.24) is 0 Å². The minimum Gasteiger partial charge on any atom is -0.460 e. The molecule has 3 heteroatoms. The Bertz CT molecular complexity index is 2680. The minimum atomic E-state index is 0.792. The van der Waals surface area contributed by atoms with Gasteiger partial charge in [0.15, 0.2) is 11.2 Å². The van der Waals surface area contributed by atoms with E-state index in [1.165, 1.54) is 58.4 Å². The van der Waals surface area contributed by atoms with Gasteiger partial charge in [0.1, 0.15) is 5.58 Å². The van der Waals surface area contributed by atoms with Crippen LogP contribution in [0.2, 0.25) is 0 Å². The molecule has 7 aromatic carbocycles. The smallest absolute Gasteiger partial charge is 0.178 e. The van der Waals surface area contributed by atoms with Gasteiger partial charge in [-0.3, -0.25) is 0 Å². The number of rotatable bonds is 2. The molecule has 200 valence electrons. The lowest BCUT2D eigenvalue weighted by atomic mass is 9.84. The molecule has 0 fully saturated rings. The van der Waals surface area contributed by atoms with Crippen LogP contribution in [-0.4, -0.2) is 0 Å². The minimum absolute atomic E-state index is 0.792. The molecule has 0 radical (unpaired) electrons. The van der Waals surface area contributed by atoms with Crippen LogP contribution in [0, 0.1) is 0 Å². The maximum absolute atomic E-state index is 6.73. The largest absolute Gasteiger partial charge is 0.460 e. The van der Waals surface area contributed by atoms with Crippen LogP contribution >= 0.6 is 11.3 Å². The van der Waals surface area contributed by atoms with Crippen molar-refractivity contribution >= 4 is 86.0 Å². The van der Waals surface area contributed by atoms with Gasteiger partial charge in [0.2, 0.25) is 0 Å². The molecule has 0 amide bonds. The van der Waals surface area contributed by atoms with E-state index in [0.717, 1.165) is 38.5 Å². The van der Waals surface area contributed by atoms with Crippen LogP contribution in [0.15, 0.2) is 142 Å². The van der Waals surface area contributed by atoms with E-state index in [4.69, 9.17) is 8.83 Å². The topological polar surface area (TPSA) is 26.3 Å². The second-order valence-electron chi connectivity index (χ2n) is 11.2. The predicted octanol–water partition coefficient (Wildman–Crippen LogP) is 12.3. The van der Waals surface area contributed by atoms with Gasteiger partial charge in [-0.25, -0.2) is 0 Å². The average molecular weight is 567 g/mol. The summed E-state index contributed by atoms with van der Waals surface area (Å²) in [6.07, 6.45) is 1.73. The summed E-state index contributed by atoms with van der Waals surface area (Å²) in [5.74, 6) is 0. The zero-order chi connectivity index (χ0) is 28.1. The van der Waals surface area contributed by atoms with E-state index in [1.807, 2.05) is 17.4 Å². The Morgan fingerprint density at radius 1 is 0.395 bits per heavy atom. The van der Waals surface area contributed by atoms with Gasteiger partial charge in [-0.15, -0.1) is 11.3 Å². The summed E-state index contributed by atoms with van der Waals surface area (Å²) < 4.78 is 15.2. The summed E-state index contributed by atoms with van der Waals surface area (Å²) in [5, 5.41) is 10.7. The van der Waals surface area contributed by atoms with Crippen molar-refractivity contribution in [3.05, 3.63) is 134 Å². The second-order valence-corrected chi connectivity index (χ2v) is 12.3. The van der Waals surface area contributed by atoms with Gasteiger partial charge < -0.3 is 8.83 Å². The van der Waals surface area contributed by atoms with Crippen LogP contribution in [0.25, 0.3) is 96.9 Å². The lowest BCUT2D eigenvalue weighted by molar-refractivity contribution is 0.600. The highest BCUT2D eigenvalue weighted by atomic mass is 32.1. The number of thiophene rings is 1. The molecule has 0 saturated carbocycles. The molecule has 0 saturated heterocycles. The molecular weight excluding hydrogens is 545 g/mol. The molecule has 10 rings (SSSR count). The molecule has 2 nitrogen and oxygen atoms in total. The van der Waals surface area contributed by atoms with Crippen molar-refractivity contribution < 1.29 is 8.83 Å². The predicted molar refractivity (Wildman–Crippen MR) is 182 cm³/mol. The summed E-state index contributed by atoms with van der Waals surface area (Å²) in [7, 11) is 0. The fourth-order valence-corrected chi connectivity index (χ4v) is 8.30.